The van der Waals surface area contributed by atoms with Gasteiger partial charge in [0.05, 0.1) is 13.2 Å². The molecule has 0 bridgehead atoms. The van der Waals surface area contributed by atoms with E-state index in [1.807, 2.05) is 0 Å². The quantitative estimate of drug-likeness (QED) is 0.680. The van der Waals surface area contributed by atoms with Crippen molar-refractivity contribution >= 4 is 5.91 Å². The minimum Gasteiger partial charge on any atom is -0.383 e. The monoisotopic (exact) mass is 256 g/mol. The molecule has 0 aliphatic heterocycles. The molecule has 2 N–H and O–H groups in total. The van der Waals surface area contributed by atoms with Crippen molar-refractivity contribution in [2.75, 3.05) is 26.8 Å². The number of ether oxygens (including phenoxy) is 1. The molecule has 0 aromatic carbocycles. The van der Waals surface area contributed by atoms with Gasteiger partial charge in [0, 0.05) is 19.7 Å². The van der Waals surface area contributed by atoms with Crippen LogP contribution in [0.15, 0.2) is 0 Å². The van der Waals surface area contributed by atoms with Crippen molar-refractivity contribution in [1.29, 1.82) is 0 Å². The van der Waals surface area contributed by atoms with E-state index in [2.05, 4.69) is 24.5 Å². The van der Waals surface area contributed by atoms with E-state index in [4.69, 9.17) is 4.74 Å². The van der Waals surface area contributed by atoms with Gasteiger partial charge in [0.25, 0.3) is 0 Å². The Kier molecular flexibility index (Phi) is 7.28. The maximum Gasteiger partial charge on any atom is 0.234 e. The summed E-state index contributed by atoms with van der Waals surface area (Å²) in [5.41, 5.74) is 0. The van der Waals surface area contributed by atoms with Gasteiger partial charge >= 0.3 is 0 Å². The molecule has 1 amide bonds. The minimum atomic E-state index is 0.0676. The van der Waals surface area contributed by atoms with E-state index in [1.165, 1.54) is 25.7 Å². The summed E-state index contributed by atoms with van der Waals surface area (Å²) >= 11 is 0. The highest BCUT2D eigenvalue weighted by Crippen LogP contribution is 2.29. The molecule has 4 nitrogen and oxygen atoms in total. The Morgan fingerprint density at radius 2 is 1.94 bits per heavy atom. The van der Waals surface area contributed by atoms with Crippen molar-refractivity contribution in [1.82, 2.24) is 10.6 Å². The molecule has 0 spiro atoms. The highest BCUT2D eigenvalue weighted by atomic mass is 16.5. The molecule has 0 atom stereocenters. The summed E-state index contributed by atoms with van der Waals surface area (Å²) in [6.45, 7) is 6.21. The lowest BCUT2D eigenvalue weighted by Gasteiger charge is -2.31. The van der Waals surface area contributed by atoms with Crippen LogP contribution in [0.3, 0.4) is 0 Å². The summed E-state index contributed by atoms with van der Waals surface area (Å²) < 4.78 is 4.89. The van der Waals surface area contributed by atoms with Crippen LogP contribution in [0.25, 0.3) is 0 Å². The second-order valence-electron chi connectivity index (χ2n) is 5.58. The summed E-state index contributed by atoms with van der Waals surface area (Å²) in [5.74, 6) is 1.74. The topological polar surface area (TPSA) is 50.4 Å². The number of nitrogens with one attached hydrogen (secondary N) is 2. The zero-order valence-corrected chi connectivity index (χ0v) is 12.0. The molecule has 106 valence electrons. The summed E-state index contributed by atoms with van der Waals surface area (Å²) in [6.07, 6.45) is 4.99. The highest BCUT2D eigenvalue weighted by Gasteiger charge is 2.23. The largest absolute Gasteiger partial charge is 0.383 e. The molecule has 1 rings (SSSR count). The molecule has 1 aliphatic rings. The maximum atomic E-state index is 11.5. The second-order valence-corrected chi connectivity index (χ2v) is 5.58. The Morgan fingerprint density at radius 1 is 1.28 bits per heavy atom. The summed E-state index contributed by atoms with van der Waals surface area (Å²) in [4.78, 5) is 11.5. The fourth-order valence-corrected chi connectivity index (χ4v) is 2.58. The van der Waals surface area contributed by atoms with Crippen LogP contribution < -0.4 is 10.6 Å². The minimum absolute atomic E-state index is 0.0676. The smallest absolute Gasteiger partial charge is 0.234 e. The second kappa shape index (κ2) is 8.48. The van der Waals surface area contributed by atoms with Gasteiger partial charge in [-0.05, 0) is 37.5 Å². The molecular weight excluding hydrogens is 228 g/mol. The zero-order valence-electron chi connectivity index (χ0n) is 12.0. The van der Waals surface area contributed by atoms with Gasteiger partial charge in [0.2, 0.25) is 5.91 Å². The van der Waals surface area contributed by atoms with E-state index in [0.29, 0.717) is 25.7 Å². The normalized spacial score (nSPS) is 24.2. The van der Waals surface area contributed by atoms with E-state index in [9.17, 15) is 4.79 Å². The van der Waals surface area contributed by atoms with E-state index in [-0.39, 0.29) is 5.91 Å². The first-order chi connectivity index (χ1) is 8.63. The van der Waals surface area contributed by atoms with Gasteiger partial charge < -0.3 is 15.4 Å². The van der Waals surface area contributed by atoms with Crippen molar-refractivity contribution in [3.05, 3.63) is 0 Å². The maximum absolute atomic E-state index is 11.5. The van der Waals surface area contributed by atoms with Crippen LogP contribution in [0.4, 0.5) is 0 Å². The first-order valence-corrected chi connectivity index (χ1v) is 7.12. The molecule has 1 saturated carbocycles. The third kappa shape index (κ3) is 5.83. The summed E-state index contributed by atoms with van der Waals surface area (Å²) in [6, 6.07) is 0.521. The number of hydrogen-bond donors (Lipinski definition) is 2. The van der Waals surface area contributed by atoms with Crippen LogP contribution >= 0.6 is 0 Å². The van der Waals surface area contributed by atoms with E-state index >= 15 is 0 Å². The first-order valence-electron chi connectivity index (χ1n) is 7.12. The van der Waals surface area contributed by atoms with Crippen LogP contribution in [-0.4, -0.2) is 38.8 Å². The molecule has 0 heterocycles. The number of amides is 1. The standard InChI is InChI=1S/C14H28N2O2/c1-11(2)12-4-6-13(7-5-12)16-10-14(17)15-8-9-18-3/h11-13,16H,4-10H2,1-3H3,(H,15,17). The molecule has 0 saturated heterocycles. The van der Waals surface area contributed by atoms with Crippen LogP contribution in [0.5, 0.6) is 0 Å². The Hall–Kier alpha value is -0.610. The molecular formula is C14H28N2O2. The zero-order chi connectivity index (χ0) is 13.4. The molecule has 0 radical (unpaired) electrons. The number of hydrogen-bond acceptors (Lipinski definition) is 3. The average molecular weight is 256 g/mol. The van der Waals surface area contributed by atoms with Crippen LogP contribution in [0.2, 0.25) is 0 Å². The summed E-state index contributed by atoms with van der Waals surface area (Å²) in [7, 11) is 1.64. The van der Waals surface area contributed by atoms with Crippen LogP contribution in [-0.2, 0) is 9.53 Å². The number of methoxy groups -OCH3 is 1. The van der Waals surface area contributed by atoms with Crippen molar-refractivity contribution in [2.45, 2.75) is 45.6 Å². The Labute approximate surface area is 111 Å². The van der Waals surface area contributed by atoms with Crippen molar-refractivity contribution < 1.29 is 9.53 Å². The predicted molar refractivity (Wildman–Crippen MR) is 73.5 cm³/mol. The fourth-order valence-electron chi connectivity index (χ4n) is 2.58. The molecule has 1 aliphatic carbocycles. The van der Waals surface area contributed by atoms with Crippen molar-refractivity contribution in [3.63, 3.8) is 0 Å². The van der Waals surface area contributed by atoms with Crippen LogP contribution in [0.1, 0.15) is 39.5 Å². The molecule has 0 unspecified atom stereocenters. The van der Waals surface area contributed by atoms with Gasteiger partial charge in [-0.25, -0.2) is 0 Å². The summed E-state index contributed by atoms with van der Waals surface area (Å²) in [5, 5.41) is 6.18. The average Bonchev–Trinajstić information content (AvgIpc) is 2.37. The SMILES string of the molecule is COCCNC(=O)CNC1CCC(C(C)C)CC1. The fraction of sp³-hybridized carbons (Fsp3) is 0.929. The molecule has 0 aromatic rings. The lowest BCUT2D eigenvalue weighted by atomic mass is 9.80. The van der Waals surface area contributed by atoms with Gasteiger partial charge in [-0.15, -0.1) is 0 Å². The van der Waals surface area contributed by atoms with Crippen molar-refractivity contribution in [3.8, 4) is 0 Å². The van der Waals surface area contributed by atoms with Crippen LogP contribution in [0, 0.1) is 11.8 Å². The van der Waals surface area contributed by atoms with E-state index in [1.54, 1.807) is 7.11 Å². The van der Waals surface area contributed by atoms with Gasteiger partial charge in [0.15, 0.2) is 0 Å². The molecule has 1 fully saturated rings. The number of carbonyl (C=O) groups excluding carboxylic acids is 1. The number of rotatable bonds is 7. The molecule has 18 heavy (non-hydrogen) atoms. The van der Waals surface area contributed by atoms with Gasteiger partial charge in [-0.2, -0.15) is 0 Å². The third-order valence-electron chi connectivity index (χ3n) is 3.89. The first kappa shape index (κ1) is 15.4. The predicted octanol–water partition coefficient (Wildman–Crippen LogP) is 1.55. The molecule has 4 heteroatoms. The van der Waals surface area contributed by atoms with E-state index < -0.39 is 0 Å². The highest BCUT2D eigenvalue weighted by molar-refractivity contribution is 5.77. The molecule has 0 aromatic heterocycles. The third-order valence-corrected chi connectivity index (χ3v) is 3.89. The van der Waals surface area contributed by atoms with E-state index in [0.717, 1.165) is 11.8 Å². The Morgan fingerprint density at radius 3 is 2.50 bits per heavy atom. The lowest BCUT2D eigenvalue weighted by molar-refractivity contribution is -0.120. The van der Waals surface area contributed by atoms with Gasteiger partial charge in [0.1, 0.15) is 0 Å². The van der Waals surface area contributed by atoms with Gasteiger partial charge in [-0.3, -0.25) is 4.79 Å². The van der Waals surface area contributed by atoms with Gasteiger partial charge in [-0.1, -0.05) is 13.8 Å². The van der Waals surface area contributed by atoms with Crippen molar-refractivity contribution in [2.24, 2.45) is 11.8 Å². The Bertz CT molecular complexity index is 236. The Balaban J connectivity index is 2.08. The number of carbonyl (C=O) groups is 1. The lowest BCUT2D eigenvalue weighted by Crippen LogP contribution is -2.41.